The molecule has 17 heavy (non-hydrogen) atoms. The third-order valence-corrected chi connectivity index (χ3v) is 3.38. The molecule has 0 spiro atoms. The molecule has 1 atom stereocenters. The Labute approximate surface area is 105 Å². The zero-order chi connectivity index (χ0) is 12.7. The predicted molar refractivity (Wildman–Crippen MR) is 71.6 cm³/mol. The summed E-state index contributed by atoms with van der Waals surface area (Å²) in [6.07, 6.45) is 2.43. The lowest BCUT2D eigenvalue weighted by molar-refractivity contribution is 0.422. The molecule has 0 radical (unpaired) electrons. The smallest absolute Gasteiger partial charge is 0.0991 e. The second-order valence-electron chi connectivity index (χ2n) is 4.55. The highest BCUT2D eigenvalue weighted by molar-refractivity contribution is 5.33. The van der Waals surface area contributed by atoms with Crippen LogP contribution in [0.1, 0.15) is 50.8 Å². The Morgan fingerprint density at radius 1 is 1.29 bits per heavy atom. The summed E-state index contributed by atoms with van der Waals surface area (Å²) in [6, 6.07) is 10.3. The highest BCUT2D eigenvalue weighted by atomic mass is 14.9. The lowest BCUT2D eigenvalue weighted by Gasteiger charge is -2.19. The van der Waals surface area contributed by atoms with E-state index >= 15 is 0 Å². The van der Waals surface area contributed by atoms with E-state index in [9.17, 15) is 0 Å². The Balaban J connectivity index is 2.57. The van der Waals surface area contributed by atoms with Gasteiger partial charge in [0.15, 0.2) is 0 Å². The van der Waals surface area contributed by atoms with Gasteiger partial charge in [0, 0.05) is 6.04 Å². The number of benzene rings is 1. The van der Waals surface area contributed by atoms with Crippen LogP contribution in [0.2, 0.25) is 0 Å². The van der Waals surface area contributed by atoms with Crippen LogP contribution in [0.4, 0.5) is 0 Å². The van der Waals surface area contributed by atoms with Crippen LogP contribution in [0.15, 0.2) is 24.3 Å². The van der Waals surface area contributed by atoms with Gasteiger partial charge in [0.25, 0.3) is 0 Å². The van der Waals surface area contributed by atoms with Gasteiger partial charge >= 0.3 is 0 Å². The Kier molecular flexibility index (Phi) is 5.72. The number of nitriles is 1. The van der Waals surface area contributed by atoms with Crippen LogP contribution >= 0.6 is 0 Å². The maximum absolute atomic E-state index is 8.87. The van der Waals surface area contributed by atoms with E-state index in [1.807, 2.05) is 18.2 Å². The molecule has 0 saturated heterocycles. The van der Waals surface area contributed by atoms with Crippen molar-refractivity contribution in [2.45, 2.75) is 39.7 Å². The average molecular weight is 230 g/mol. The number of rotatable bonds is 6. The van der Waals surface area contributed by atoms with Gasteiger partial charge in [-0.2, -0.15) is 5.26 Å². The predicted octanol–water partition coefficient (Wildman–Crippen LogP) is 3.65. The maximum atomic E-state index is 8.87. The average Bonchev–Trinajstić information content (AvgIpc) is 2.39. The van der Waals surface area contributed by atoms with E-state index in [-0.39, 0.29) is 0 Å². The van der Waals surface area contributed by atoms with Gasteiger partial charge in [0.1, 0.15) is 0 Å². The van der Waals surface area contributed by atoms with Crippen molar-refractivity contribution in [2.75, 3.05) is 6.54 Å². The van der Waals surface area contributed by atoms with E-state index in [0.29, 0.717) is 6.04 Å². The molecule has 0 aliphatic carbocycles. The van der Waals surface area contributed by atoms with Crippen LogP contribution in [0.5, 0.6) is 0 Å². The van der Waals surface area contributed by atoms with Crippen molar-refractivity contribution in [3.8, 4) is 6.07 Å². The summed E-state index contributed by atoms with van der Waals surface area (Å²) in [5.41, 5.74) is 1.92. The van der Waals surface area contributed by atoms with E-state index in [1.54, 1.807) is 0 Å². The number of nitrogens with one attached hydrogen (secondary N) is 1. The number of hydrogen-bond acceptors (Lipinski definition) is 2. The topological polar surface area (TPSA) is 35.8 Å². The molecule has 0 saturated carbocycles. The maximum Gasteiger partial charge on any atom is 0.0991 e. The standard InChI is InChI=1S/C15H22N2/c1-4-13(5-2)11-17-12(3)15-8-6-7-14(9-15)10-16/h6-9,12-13,17H,4-5,11H2,1-3H3. The van der Waals surface area contributed by atoms with E-state index in [2.05, 4.69) is 38.2 Å². The van der Waals surface area contributed by atoms with Gasteiger partial charge in [0.05, 0.1) is 11.6 Å². The summed E-state index contributed by atoms with van der Waals surface area (Å²) in [6.45, 7) is 7.66. The SMILES string of the molecule is CCC(CC)CNC(C)c1cccc(C#N)c1. The van der Waals surface area contributed by atoms with Crippen LogP contribution in [-0.2, 0) is 0 Å². The first-order valence-corrected chi connectivity index (χ1v) is 6.44. The van der Waals surface area contributed by atoms with Crippen molar-refractivity contribution in [2.24, 2.45) is 5.92 Å². The molecule has 0 heterocycles. The Hall–Kier alpha value is -1.33. The van der Waals surface area contributed by atoms with Crippen LogP contribution in [-0.4, -0.2) is 6.54 Å². The molecule has 0 amide bonds. The monoisotopic (exact) mass is 230 g/mol. The third-order valence-electron chi connectivity index (χ3n) is 3.38. The molecule has 2 nitrogen and oxygen atoms in total. The molecule has 0 aliphatic heterocycles. The van der Waals surface area contributed by atoms with E-state index in [1.165, 1.54) is 18.4 Å². The Morgan fingerprint density at radius 3 is 2.59 bits per heavy atom. The molecule has 1 unspecified atom stereocenters. The van der Waals surface area contributed by atoms with Crippen molar-refractivity contribution >= 4 is 0 Å². The molecule has 0 bridgehead atoms. The lowest BCUT2D eigenvalue weighted by Crippen LogP contribution is -2.25. The fraction of sp³-hybridized carbons (Fsp3) is 0.533. The van der Waals surface area contributed by atoms with Gasteiger partial charge in [-0.15, -0.1) is 0 Å². The van der Waals surface area contributed by atoms with E-state index < -0.39 is 0 Å². The van der Waals surface area contributed by atoms with Crippen LogP contribution in [0, 0.1) is 17.2 Å². The Bertz CT molecular complexity index is 375. The van der Waals surface area contributed by atoms with Crippen LogP contribution < -0.4 is 5.32 Å². The summed E-state index contributed by atoms with van der Waals surface area (Å²) < 4.78 is 0. The van der Waals surface area contributed by atoms with Crippen molar-refractivity contribution < 1.29 is 0 Å². The molecular weight excluding hydrogens is 208 g/mol. The molecule has 2 heteroatoms. The normalized spacial score (nSPS) is 12.4. The first kappa shape index (κ1) is 13.7. The molecular formula is C15H22N2. The van der Waals surface area contributed by atoms with Crippen LogP contribution in [0.25, 0.3) is 0 Å². The highest BCUT2D eigenvalue weighted by Crippen LogP contribution is 2.15. The first-order valence-electron chi connectivity index (χ1n) is 6.44. The van der Waals surface area contributed by atoms with Gasteiger partial charge < -0.3 is 5.32 Å². The second-order valence-corrected chi connectivity index (χ2v) is 4.55. The van der Waals surface area contributed by atoms with Gasteiger partial charge in [0.2, 0.25) is 0 Å². The summed E-state index contributed by atoms with van der Waals surface area (Å²) in [5.74, 6) is 0.747. The number of hydrogen-bond donors (Lipinski definition) is 1. The zero-order valence-corrected chi connectivity index (χ0v) is 11.0. The minimum Gasteiger partial charge on any atom is -0.310 e. The summed E-state index contributed by atoms with van der Waals surface area (Å²) in [5, 5.41) is 12.4. The van der Waals surface area contributed by atoms with Gasteiger partial charge in [-0.1, -0.05) is 38.8 Å². The molecule has 1 N–H and O–H groups in total. The van der Waals surface area contributed by atoms with Crippen molar-refractivity contribution in [3.63, 3.8) is 0 Å². The fourth-order valence-electron chi connectivity index (χ4n) is 1.92. The largest absolute Gasteiger partial charge is 0.310 e. The van der Waals surface area contributed by atoms with Gasteiger partial charge in [-0.25, -0.2) is 0 Å². The third kappa shape index (κ3) is 4.20. The Morgan fingerprint density at radius 2 is 2.00 bits per heavy atom. The van der Waals surface area contributed by atoms with Crippen molar-refractivity contribution in [1.82, 2.24) is 5.32 Å². The lowest BCUT2D eigenvalue weighted by atomic mass is 10.0. The van der Waals surface area contributed by atoms with Gasteiger partial charge in [-0.05, 0) is 37.1 Å². The van der Waals surface area contributed by atoms with Crippen LogP contribution in [0.3, 0.4) is 0 Å². The molecule has 1 aromatic carbocycles. The quantitative estimate of drug-likeness (QED) is 0.809. The molecule has 0 fully saturated rings. The molecule has 1 rings (SSSR count). The highest BCUT2D eigenvalue weighted by Gasteiger charge is 2.08. The molecule has 0 aromatic heterocycles. The second kappa shape index (κ2) is 7.09. The first-order chi connectivity index (χ1) is 8.21. The summed E-state index contributed by atoms with van der Waals surface area (Å²) >= 11 is 0. The van der Waals surface area contributed by atoms with E-state index in [0.717, 1.165) is 18.0 Å². The van der Waals surface area contributed by atoms with E-state index in [4.69, 9.17) is 5.26 Å². The van der Waals surface area contributed by atoms with Crippen molar-refractivity contribution in [1.29, 1.82) is 5.26 Å². The fourth-order valence-corrected chi connectivity index (χ4v) is 1.92. The summed E-state index contributed by atoms with van der Waals surface area (Å²) in [4.78, 5) is 0. The minimum atomic E-state index is 0.309. The summed E-state index contributed by atoms with van der Waals surface area (Å²) in [7, 11) is 0. The molecule has 1 aromatic rings. The minimum absolute atomic E-state index is 0.309. The number of nitrogens with zero attached hydrogens (tertiary/aromatic N) is 1. The van der Waals surface area contributed by atoms with Crippen molar-refractivity contribution in [3.05, 3.63) is 35.4 Å². The van der Waals surface area contributed by atoms with Gasteiger partial charge in [-0.3, -0.25) is 0 Å². The zero-order valence-electron chi connectivity index (χ0n) is 11.0. The molecule has 0 aliphatic rings. The molecule has 92 valence electrons.